The number of rotatable bonds is 6. The zero-order chi connectivity index (χ0) is 11.3. The zero-order valence-corrected chi connectivity index (χ0v) is 9.66. The first-order chi connectivity index (χ1) is 7.19. The highest BCUT2D eigenvalue weighted by atomic mass is 16.1. The van der Waals surface area contributed by atoms with Gasteiger partial charge in [0.15, 0.2) is 11.6 Å². The lowest BCUT2D eigenvalue weighted by Gasteiger charge is -2.11. The van der Waals surface area contributed by atoms with Crippen molar-refractivity contribution < 1.29 is 4.79 Å². The van der Waals surface area contributed by atoms with Crippen molar-refractivity contribution in [3.63, 3.8) is 0 Å². The molecule has 0 aromatic carbocycles. The molecule has 4 heteroatoms. The third kappa shape index (κ3) is 3.16. The van der Waals surface area contributed by atoms with E-state index in [4.69, 9.17) is 0 Å². The molecule has 0 aliphatic heterocycles. The van der Waals surface area contributed by atoms with Crippen LogP contribution in [0.2, 0.25) is 0 Å². The molecule has 0 radical (unpaired) electrons. The Morgan fingerprint density at radius 1 is 1.60 bits per heavy atom. The predicted octanol–water partition coefficient (Wildman–Crippen LogP) is 1.47. The van der Waals surface area contributed by atoms with E-state index in [9.17, 15) is 4.79 Å². The van der Waals surface area contributed by atoms with Crippen molar-refractivity contribution in [3.05, 3.63) is 18.2 Å². The quantitative estimate of drug-likeness (QED) is 0.722. The van der Waals surface area contributed by atoms with Crippen molar-refractivity contribution in [2.24, 2.45) is 0 Å². The van der Waals surface area contributed by atoms with Gasteiger partial charge in [0.1, 0.15) is 0 Å². The van der Waals surface area contributed by atoms with Gasteiger partial charge in [-0.15, -0.1) is 0 Å². The van der Waals surface area contributed by atoms with Crippen LogP contribution in [0.3, 0.4) is 0 Å². The van der Waals surface area contributed by atoms with Gasteiger partial charge >= 0.3 is 0 Å². The zero-order valence-electron chi connectivity index (χ0n) is 9.66. The maximum absolute atomic E-state index is 11.8. The van der Waals surface area contributed by atoms with Crippen molar-refractivity contribution in [2.45, 2.75) is 39.8 Å². The number of hydrogen-bond acceptors (Lipinski definition) is 3. The summed E-state index contributed by atoms with van der Waals surface area (Å²) in [6, 6.07) is 0.213. The first kappa shape index (κ1) is 11.9. The minimum atomic E-state index is 0.107. The molecule has 1 atom stereocenters. The molecule has 84 valence electrons. The third-order valence-corrected chi connectivity index (χ3v) is 2.35. The SMILES string of the molecule is CCNC(C)CC(=O)c1nccn1CC. The number of nitrogens with one attached hydrogen (secondary N) is 1. The van der Waals surface area contributed by atoms with E-state index in [-0.39, 0.29) is 11.8 Å². The molecule has 0 aliphatic rings. The molecule has 1 rings (SSSR count). The summed E-state index contributed by atoms with van der Waals surface area (Å²) in [7, 11) is 0. The van der Waals surface area contributed by atoms with E-state index >= 15 is 0 Å². The maximum Gasteiger partial charge on any atom is 0.199 e. The third-order valence-electron chi connectivity index (χ3n) is 2.35. The van der Waals surface area contributed by atoms with Gasteiger partial charge < -0.3 is 9.88 Å². The molecule has 0 saturated heterocycles. The fraction of sp³-hybridized carbons (Fsp3) is 0.636. The van der Waals surface area contributed by atoms with Crippen LogP contribution < -0.4 is 5.32 Å². The van der Waals surface area contributed by atoms with E-state index < -0.39 is 0 Å². The van der Waals surface area contributed by atoms with Crippen LogP contribution in [0.25, 0.3) is 0 Å². The van der Waals surface area contributed by atoms with Crippen LogP contribution in [0.4, 0.5) is 0 Å². The van der Waals surface area contributed by atoms with Gasteiger partial charge in [-0.1, -0.05) is 6.92 Å². The summed E-state index contributed by atoms with van der Waals surface area (Å²) in [5, 5.41) is 3.22. The summed E-state index contributed by atoms with van der Waals surface area (Å²) >= 11 is 0. The maximum atomic E-state index is 11.8. The van der Waals surface area contributed by atoms with Gasteiger partial charge in [-0.25, -0.2) is 4.98 Å². The number of carbonyl (C=O) groups is 1. The second-order valence-electron chi connectivity index (χ2n) is 3.62. The standard InChI is InChI=1S/C11H19N3O/c1-4-12-9(3)8-10(15)11-13-6-7-14(11)5-2/h6-7,9,12H,4-5,8H2,1-3H3. The Bertz CT molecular complexity index is 319. The number of aryl methyl sites for hydroxylation is 1. The predicted molar refractivity (Wildman–Crippen MR) is 60.0 cm³/mol. The number of carbonyl (C=O) groups excluding carboxylic acids is 1. The largest absolute Gasteiger partial charge is 0.329 e. The van der Waals surface area contributed by atoms with Crippen LogP contribution in [-0.4, -0.2) is 27.9 Å². The van der Waals surface area contributed by atoms with Gasteiger partial charge in [0.05, 0.1) is 0 Å². The van der Waals surface area contributed by atoms with Crippen molar-refractivity contribution in [2.75, 3.05) is 6.54 Å². The van der Waals surface area contributed by atoms with Crippen LogP contribution >= 0.6 is 0 Å². The molecule has 1 N–H and O–H groups in total. The fourth-order valence-corrected chi connectivity index (χ4v) is 1.61. The number of ketones is 1. The molecule has 0 fully saturated rings. The molecule has 1 aromatic heterocycles. The second-order valence-corrected chi connectivity index (χ2v) is 3.62. The molecule has 0 spiro atoms. The first-order valence-corrected chi connectivity index (χ1v) is 5.46. The Morgan fingerprint density at radius 2 is 2.33 bits per heavy atom. The average Bonchev–Trinajstić information content (AvgIpc) is 2.65. The highest BCUT2D eigenvalue weighted by Gasteiger charge is 2.14. The molecule has 15 heavy (non-hydrogen) atoms. The van der Waals surface area contributed by atoms with E-state index in [2.05, 4.69) is 10.3 Å². The second kappa shape index (κ2) is 5.66. The minimum absolute atomic E-state index is 0.107. The number of Topliss-reactive ketones (excluding diaryl/α,β-unsaturated/α-hetero) is 1. The fourth-order valence-electron chi connectivity index (χ4n) is 1.61. The smallest absolute Gasteiger partial charge is 0.199 e. The minimum Gasteiger partial charge on any atom is -0.329 e. The van der Waals surface area contributed by atoms with E-state index in [1.54, 1.807) is 6.20 Å². The molecule has 1 heterocycles. The number of imidazole rings is 1. The highest BCUT2D eigenvalue weighted by molar-refractivity contribution is 5.93. The van der Waals surface area contributed by atoms with E-state index in [1.807, 2.05) is 31.5 Å². The first-order valence-electron chi connectivity index (χ1n) is 5.46. The van der Waals surface area contributed by atoms with Gasteiger partial charge in [0, 0.05) is 31.4 Å². The monoisotopic (exact) mass is 209 g/mol. The van der Waals surface area contributed by atoms with E-state index in [0.717, 1.165) is 13.1 Å². The molecule has 1 unspecified atom stereocenters. The molecule has 0 saturated carbocycles. The van der Waals surface area contributed by atoms with Crippen LogP contribution in [0.1, 0.15) is 37.8 Å². The average molecular weight is 209 g/mol. The lowest BCUT2D eigenvalue weighted by atomic mass is 10.1. The van der Waals surface area contributed by atoms with Gasteiger partial charge in [-0.05, 0) is 20.4 Å². The summed E-state index contributed by atoms with van der Waals surface area (Å²) in [5.74, 6) is 0.678. The molecule has 0 aliphatic carbocycles. The van der Waals surface area contributed by atoms with Crippen LogP contribution in [0.15, 0.2) is 12.4 Å². The van der Waals surface area contributed by atoms with E-state index in [0.29, 0.717) is 12.2 Å². The van der Waals surface area contributed by atoms with Crippen molar-refractivity contribution >= 4 is 5.78 Å². The molecule has 0 bridgehead atoms. The summed E-state index contributed by atoms with van der Waals surface area (Å²) < 4.78 is 1.88. The molecular formula is C11H19N3O. The van der Waals surface area contributed by atoms with E-state index in [1.165, 1.54) is 0 Å². The summed E-state index contributed by atoms with van der Waals surface area (Å²) in [5.41, 5.74) is 0. The highest BCUT2D eigenvalue weighted by Crippen LogP contribution is 2.04. The topological polar surface area (TPSA) is 46.9 Å². The van der Waals surface area contributed by atoms with Crippen molar-refractivity contribution in [1.29, 1.82) is 0 Å². The summed E-state index contributed by atoms with van der Waals surface area (Å²) in [6.45, 7) is 7.73. The van der Waals surface area contributed by atoms with Crippen molar-refractivity contribution in [3.8, 4) is 0 Å². The normalized spacial score (nSPS) is 12.7. The van der Waals surface area contributed by atoms with Crippen LogP contribution in [0.5, 0.6) is 0 Å². The lowest BCUT2D eigenvalue weighted by Crippen LogP contribution is -2.29. The number of hydrogen-bond donors (Lipinski definition) is 1. The molecule has 1 aromatic rings. The summed E-state index contributed by atoms with van der Waals surface area (Å²) in [6.07, 6.45) is 4.02. The molecular weight excluding hydrogens is 190 g/mol. The molecule has 4 nitrogen and oxygen atoms in total. The van der Waals surface area contributed by atoms with Gasteiger partial charge in [-0.2, -0.15) is 0 Å². The number of aromatic nitrogens is 2. The van der Waals surface area contributed by atoms with Gasteiger partial charge in [0.2, 0.25) is 0 Å². The van der Waals surface area contributed by atoms with Gasteiger partial charge in [-0.3, -0.25) is 4.79 Å². The Kier molecular flexibility index (Phi) is 4.49. The Hall–Kier alpha value is -1.16. The van der Waals surface area contributed by atoms with Gasteiger partial charge in [0.25, 0.3) is 0 Å². The molecule has 0 amide bonds. The summed E-state index contributed by atoms with van der Waals surface area (Å²) in [4.78, 5) is 15.9. The van der Waals surface area contributed by atoms with Crippen LogP contribution in [-0.2, 0) is 6.54 Å². The van der Waals surface area contributed by atoms with Crippen molar-refractivity contribution in [1.82, 2.24) is 14.9 Å². The Labute approximate surface area is 90.7 Å². The van der Waals surface area contributed by atoms with Crippen LogP contribution in [0, 0.1) is 0 Å². The Morgan fingerprint density at radius 3 is 2.93 bits per heavy atom. The Balaban J connectivity index is 2.61. The number of nitrogens with zero attached hydrogens (tertiary/aromatic N) is 2. The lowest BCUT2D eigenvalue weighted by molar-refractivity contribution is 0.0957.